The number of hydrogen-bond donors (Lipinski definition) is 3. The zero-order chi connectivity index (χ0) is 21.0. The van der Waals surface area contributed by atoms with Crippen molar-refractivity contribution in [3.63, 3.8) is 0 Å². The van der Waals surface area contributed by atoms with Crippen molar-refractivity contribution in [3.8, 4) is 0 Å². The Bertz CT molecular complexity index is 557. The van der Waals surface area contributed by atoms with Crippen molar-refractivity contribution in [1.29, 1.82) is 0 Å². The van der Waals surface area contributed by atoms with Gasteiger partial charge in [-0.1, -0.05) is 94.4 Å². The second kappa shape index (κ2) is 21.6. The molecule has 160 valence electrons. The SMILES string of the molecule is CCCCCCCCCCC=CC(CC(N)=O)C(N)=O.NCc1ccccc1.[H-].[Na+]. The van der Waals surface area contributed by atoms with Crippen molar-refractivity contribution in [2.24, 2.45) is 23.1 Å². The number of primary amides is 2. The molecule has 5 nitrogen and oxygen atoms in total. The second-order valence-electron chi connectivity index (χ2n) is 7.06. The van der Waals surface area contributed by atoms with Gasteiger partial charge in [-0.2, -0.15) is 0 Å². The number of carbonyl (C=O) groups excluding carboxylic acids is 2. The molecule has 1 unspecified atom stereocenters. The number of rotatable bonds is 14. The van der Waals surface area contributed by atoms with Crippen LogP contribution in [-0.4, -0.2) is 11.8 Å². The number of carbonyl (C=O) groups is 2. The number of benzene rings is 1. The minimum atomic E-state index is -0.554. The molecule has 0 spiro atoms. The van der Waals surface area contributed by atoms with Crippen LogP contribution < -0.4 is 46.8 Å². The summed E-state index contributed by atoms with van der Waals surface area (Å²) in [5, 5.41) is 0. The van der Waals surface area contributed by atoms with Gasteiger partial charge < -0.3 is 18.6 Å². The molecule has 1 aromatic carbocycles. The van der Waals surface area contributed by atoms with Gasteiger partial charge in [0, 0.05) is 13.0 Å². The molecule has 29 heavy (non-hydrogen) atoms. The first-order valence-electron chi connectivity index (χ1n) is 10.5. The van der Waals surface area contributed by atoms with E-state index in [1.165, 1.54) is 50.5 Å². The van der Waals surface area contributed by atoms with Crippen LogP contribution in [0.3, 0.4) is 0 Å². The fraction of sp³-hybridized carbons (Fsp3) is 0.565. The molecular formula is C23H40N3NaO2. The van der Waals surface area contributed by atoms with E-state index in [9.17, 15) is 9.59 Å². The first kappa shape index (κ1) is 30.1. The molecule has 6 heteroatoms. The average Bonchev–Trinajstić information content (AvgIpc) is 2.69. The van der Waals surface area contributed by atoms with Crippen LogP contribution in [0.25, 0.3) is 0 Å². The zero-order valence-corrected chi connectivity index (χ0v) is 20.4. The van der Waals surface area contributed by atoms with E-state index in [4.69, 9.17) is 17.2 Å². The number of allylic oxidation sites excluding steroid dienone is 1. The van der Waals surface area contributed by atoms with Crippen LogP contribution in [0.4, 0.5) is 0 Å². The normalized spacial score (nSPS) is 11.2. The van der Waals surface area contributed by atoms with Gasteiger partial charge in [-0.3, -0.25) is 9.59 Å². The maximum atomic E-state index is 11.1. The van der Waals surface area contributed by atoms with Crippen molar-refractivity contribution in [3.05, 3.63) is 48.0 Å². The summed E-state index contributed by atoms with van der Waals surface area (Å²) in [6.07, 6.45) is 14.8. The molecule has 0 aliphatic heterocycles. The van der Waals surface area contributed by atoms with E-state index in [1.807, 2.05) is 36.4 Å². The Hall–Kier alpha value is -1.14. The summed E-state index contributed by atoms with van der Waals surface area (Å²) >= 11 is 0. The molecule has 0 aliphatic rings. The van der Waals surface area contributed by atoms with E-state index < -0.39 is 17.7 Å². The predicted octanol–water partition coefficient (Wildman–Crippen LogP) is 1.31. The fourth-order valence-electron chi connectivity index (χ4n) is 2.75. The van der Waals surface area contributed by atoms with Crippen LogP contribution in [0.5, 0.6) is 0 Å². The third-order valence-corrected chi connectivity index (χ3v) is 4.46. The largest absolute Gasteiger partial charge is 1.00 e. The third-order valence-electron chi connectivity index (χ3n) is 4.46. The molecule has 2 amide bonds. The van der Waals surface area contributed by atoms with Gasteiger partial charge in [0.05, 0.1) is 5.92 Å². The average molecular weight is 414 g/mol. The van der Waals surface area contributed by atoms with Crippen LogP contribution in [0.15, 0.2) is 42.5 Å². The molecule has 0 radical (unpaired) electrons. The van der Waals surface area contributed by atoms with Gasteiger partial charge in [0.2, 0.25) is 11.8 Å². The monoisotopic (exact) mass is 413 g/mol. The molecule has 6 N–H and O–H groups in total. The summed E-state index contributed by atoms with van der Waals surface area (Å²) < 4.78 is 0. The standard InChI is InChI=1S/C16H30N2O2.C7H9N.Na.H/c1-2-3-4-5-6-7-8-9-10-11-12-14(16(18)20)13-15(17)19;8-6-7-4-2-1-3-5-7;;/h11-12,14H,2-10,13H2,1H3,(H2,17,19)(H2,18,20);1-5H,6,8H2;;/q;;+1;-1. The number of unbranched alkanes of at least 4 members (excludes halogenated alkanes) is 8. The quantitative estimate of drug-likeness (QED) is 0.243. The van der Waals surface area contributed by atoms with Crippen molar-refractivity contribution in [1.82, 2.24) is 0 Å². The molecule has 0 aromatic heterocycles. The Morgan fingerprint density at radius 2 is 1.52 bits per heavy atom. The smallest absolute Gasteiger partial charge is 1.00 e. The van der Waals surface area contributed by atoms with E-state index in [-0.39, 0.29) is 37.4 Å². The fourth-order valence-corrected chi connectivity index (χ4v) is 2.75. The minimum absolute atomic E-state index is 0. The van der Waals surface area contributed by atoms with E-state index in [1.54, 1.807) is 6.08 Å². The van der Waals surface area contributed by atoms with Gasteiger partial charge in [0.1, 0.15) is 0 Å². The maximum absolute atomic E-state index is 11.1. The maximum Gasteiger partial charge on any atom is 1.00 e. The molecule has 0 heterocycles. The molecule has 1 atom stereocenters. The predicted molar refractivity (Wildman–Crippen MR) is 118 cm³/mol. The summed E-state index contributed by atoms with van der Waals surface area (Å²) in [6, 6.07) is 9.99. The Kier molecular flexibility index (Phi) is 22.4. The summed E-state index contributed by atoms with van der Waals surface area (Å²) in [4.78, 5) is 21.9. The third kappa shape index (κ3) is 19.9. The Morgan fingerprint density at radius 1 is 0.966 bits per heavy atom. The summed E-state index contributed by atoms with van der Waals surface area (Å²) in [5.74, 6) is -1.54. The first-order valence-corrected chi connectivity index (χ1v) is 10.5. The van der Waals surface area contributed by atoms with Crippen LogP contribution in [-0.2, 0) is 16.1 Å². The van der Waals surface area contributed by atoms with E-state index in [0.29, 0.717) is 6.54 Å². The van der Waals surface area contributed by atoms with Crippen LogP contribution in [0.2, 0.25) is 0 Å². The van der Waals surface area contributed by atoms with E-state index >= 15 is 0 Å². The Labute approximate surface area is 200 Å². The van der Waals surface area contributed by atoms with Crippen LogP contribution in [0, 0.1) is 5.92 Å². The van der Waals surface area contributed by atoms with Gasteiger partial charge >= 0.3 is 29.6 Å². The molecule has 0 saturated carbocycles. The Morgan fingerprint density at radius 3 is 1.97 bits per heavy atom. The van der Waals surface area contributed by atoms with Crippen molar-refractivity contribution >= 4 is 11.8 Å². The number of nitrogens with two attached hydrogens (primary N) is 3. The Balaban J connectivity index is -0.000000611. The topological polar surface area (TPSA) is 112 Å². The van der Waals surface area contributed by atoms with Gasteiger partial charge in [0.15, 0.2) is 0 Å². The van der Waals surface area contributed by atoms with Crippen molar-refractivity contribution in [2.45, 2.75) is 77.7 Å². The van der Waals surface area contributed by atoms with Gasteiger partial charge in [0.25, 0.3) is 0 Å². The summed E-state index contributed by atoms with van der Waals surface area (Å²) in [7, 11) is 0. The minimum Gasteiger partial charge on any atom is -1.00 e. The van der Waals surface area contributed by atoms with Gasteiger partial charge in [-0.05, 0) is 18.4 Å². The molecule has 0 aliphatic carbocycles. The number of hydrogen-bond acceptors (Lipinski definition) is 3. The van der Waals surface area contributed by atoms with Gasteiger partial charge in [-0.15, -0.1) is 0 Å². The van der Waals surface area contributed by atoms with Crippen molar-refractivity contribution in [2.75, 3.05) is 0 Å². The molecule has 0 bridgehead atoms. The van der Waals surface area contributed by atoms with E-state index in [2.05, 4.69) is 6.92 Å². The van der Waals surface area contributed by atoms with E-state index in [0.717, 1.165) is 12.8 Å². The molecule has 1 aromatic rings. The van der Waals surface area contributed by atoms with Gasteiger partial charge in [-0.25, -0.2) is 0 Å². The molecule has 0 fully saturated rings. The van der Waals surface area contributed by atoms with Crippen LogP contribution in [0.1, 0.15) is 78.1 Å². The zero-order valence-electron chi connectivity index (χ0n) is 19.4. The van der Waals surface area contributed by atoms with Crippen molar-refractivity contribution < 1.29 is 40.6 Å². The molecular weight excluding hydrogens is 373 g/mol. The second-order valence-corrected chi connectivity index (χ2v) is 7.06. The van der Waals surface area contributed by atoms with Crippen LogP contribution >= 0.6 is 0 Å². The summed E-state index contributed by atoms with van der Waals surface area (Å²) in [6.45, 7) is 2.87. The number of amides is 2. The summed E-state index contributed by atoms with van der Waals surface area (Å²) in [5.41, 5.74) is 16.8. The first-order chi connectivity index (χ1) is 13.5. The molecule has 0 saturated heterocycles. The molecule has 1 rings (SSSR count).